The molecule has 2 aromatic rings. The molecule has 0 amide bonds. The molecule has 1 saturated carbocycles. The molecule has 1 aliphatic rings. The molecule has 0 saturated heterocycles. The van der Waals surface area contributed by atoms with Gasteiger partial charge in [-0.2, -0.15) is 4.98 Å². The zero-order valence-corrected chi connectivity index (χ0v) is 12.1. The average Bonchev–Trinajstić information content (AvgIpc) is 2.83. The number of hydrogen-bond acceptors (Lipinski definition) is 4. The predicted molar refractivity (Wildman–Crippen MR) is 82.7 cm³/mol. The van der Waals surface area contributed by atoms with E-state index in [1.54, 1.807) is 0 Å². The molecular formula is C16H23N3O. The summed E-state index contributed by atoms with van der Waals surface area (Å²) in [7, 11) is 0. The molecule has 1 aliphatic carbocycles. The van der Waals surface area contributed by atoms with E-state index in [-0.39, 0.29) is 0 Å². The first-order valence-corrected chi connectivity index (χ1v) is 7.61. The quantitative estimate of drug-likeness (QED) is 0.825. The lowest BCUT2D eigenvalue weighted by Crippen LogP contribution is -2.16. The third kappa shape index (κ3) is 2.89. The summed E-state index contributed by atoms with van der Waals surface area (Å²) in [5.74, 6) is 1.73. The van der Waals surface area contributed by atoms with Gasteiger partial charge in [-0.25, -0.2) is 0 Å². The Morgan fingerprint density at radius 1 is 1.40 bits per heavy atom. The van der Waals surface area contributed by atoms with Gasteiger partial charge in [0.05, 0.1) is 5.69 Å². The van der Waals surface area contributed by atoms with Crippen molar-refractivity contribution in [3.8, 4) is 0 Å². The normalized spacial score (nSPS) is 23.1. The Kier molecular flexibility index (Phi) is 3.81. The minimum atomic E-state index is 0.585. The number of anilines is 2. The molecule has 4 nitrogen and oxygen atoms in total. The largest absolute Gasteiger partial charge is 0.423 e. The van der Waals surface area contributed by atoms with Crippen molar-refractivity contribution in [1.29, 1.82) is 0 Å². The van der Waals surface area contributed by atoms with Gasteiger partial charge in [-0.05, 0) is 36.8 Å². The summed E-state index contributed by atoms with van der Waals surface area (Å²) in [5, 5.41) is 3.29. The maximum atomic E-state index is 5.88. The highest BCUT2D eigenvalue weighted by atomic mass is 16.4. The van der Waals surface area contributed by atoms with Gasteiger partial charge in [-0.3, -0.25) is 0 Å². The van der Waals surface area contributed by atoms with Crippen LogP contribution in [0.1, 0.15) is 39.0 Å². The van der Waals surface area contributed by atoms with E-state index >= 15 is 0 Å². The van der Waals surface area contributed by atoms with E-state index in [1.807, 2.05) is 18.2 Å². The summed E-state index contributed by atoms with van der Waals surface area (Å²) in [6.45, 7) is 3.29. The molecule has 1 aromatic heterocycles. The van der Waals surface area contributed by atoms with Crippen LogP contribution in [-0.2, 0) is 0 Å². The second kappa shape index (κ2) is 5.73. The number of hydrogen-bond donors (Lipinski definition) is 2. The van der Waals surface area contributed by atoms with Gasteiger partial charge in [0.1, 0.15) is 5.52 Å². The van der Waals surface area contributed by atoms with E-state index in [2.05, 4.69) is 17.2 Å². The number of nitrogens with one attached hydrogen (secondary N) is 1. The highest BCUT2D eigenvalue weighted by molar-refractivity contribution is 5.86. The molecule has 2 atom stereocenters. The molecule has 20 heavy (non-hydrogen) atoms. The fraction of sp³-hybridized carbons (Fsp3) is 0.562. The van der Waals surface area contributed by atoms with Crippen molar-refractivity contribution in [1.82, 2.24) is 4.98 Å². The average molecular weight is 273 g/mol. The number of nitrogens with two attached hydrogens (primary N) is 1. The number of fused-ring (bicyclic) bond motifs is 1. The Hall–Kier alpha value is -1.71. The summed E-state index contributed by atoms with van der Waals surface area (Å²) in [6, 6.07) is 6.21. The maximum Gasteiger partial charge on any atom is 0.295 e. The standard InChI is InChI=1S/C16H23N3O/c1-11-4-2-5-12(10-11)8-9-18-16-19-15-13(17)6-3-7-14(15)20-16/h3,6-7,11-12H,2,4-5,8-10,17H2,1H3,(H,18,19). The summed E-state index contributed by atoms with van der Waals surface area (Å²) in [5.41, 5.74) is 8.05. The van der Waals surface area contributed by atoms with E-state index in [0.717, 1.165) is 29.5 Å². The smallest absolute Gasteiger partial charge is 0.295 e. The van der Waals surface area contributed by atoms with Gasteiger partial charge in [0.2, 0.25) is 0 Å². The minimum Gasteiger partial charge on any atom is -0.423 e. The zero-order valence-electron chi connectivity index (χ0n) is 12.1. The molecule has 0 bridgehead atoms. The molecule has 3 N–H and O–H groups in total. The number of aromatic nitrogens is 1. The molecule has 1 heterocycles. The topological polar surface area (TPSA) is 64.1 Å². The number of oxazole rings is 1. The van der Waals surface area contributed by atoms with Gasteiger partial charge >= 0.3 is 0 Å². The first-order valence-electron chi connectivity index (χ1n) is 7.61. The molecule has 108 valence electrons. The Morgan fingerprint density at radius 3 is 3.10 bits per heavy atom. The molecular weight excluding hydrogens is 250 g/mol. The van der Waals surface area contributed by atoms with Crippen LogP contribution in [0.3, 0.4) is 0 Å². The van der Waals surface area contributed by atoms with Crippen LogP contribution >= 0.6 is 0 Å². The van der Waals surface area contributed by atoms with Crippen molar-refractivity contribution >= 4 is 22.8 Å². The Bertz CT molecular complexity index is 578. The highest BCUT2D eigenvalue weighted by Gasteiger charge is 2.18. The summed E-state index contributed by atoms with van der Waals surface area (Å²) < 4.78 is 5.66. The third-order valence-corrected chi connectivity index (χ3v) is 4.32. The molecule has 0 aliphatic heterocycles. The lowest BCUT2D eigenvalue weighted by Gasteiger charge is -2.26. The van der Waals surface area contributed by atoms with Crippen LogP contribution in [0, 0.1) is 11.8 Å². The van der Waals surface area contributed by atoms with Gasteiger partial charge < -0.3 is 15.5 Å². The monoisotopic (exact) mass is 273 g/mol. The minimum absolute atomic E-state index is 0.585. The van der Waals surface area contributed by atoms with Crippen LogP contribution < -0.4 is 11.1 Å². The van der Waals surface area contributed by atoms with E-state index in [4.69, 9.17) is 10.2 Å². The van der Waals surface area contributed by atoms with Crippen molar-refractivity contribution in [2.45, 2.75) is 39.0 Å². The van der Waals surface area contributed by atoms with Gasteiger partial charge in [0, 0.05) is 6.54 Å². The lowest BCUT2D eigenvalue weighted by molar-refractivity contribution is 0.274. The number of para-hydroxylation sites is 1. The third-order valence-electron chi connectivity index (χ3n) is 4.32. The molecule has 3 rings (SSSR count). The van der Waals surface area contributed by atoms with Crippen LogP contribution in [0.4, 0.5) is 11.7 Å². The van der Waals surface area contributed by atoms with E-state index < -0.39 is 0 Å². The van der Waals surface area contributed by atoms with Gasteiger partial charge in [-0.1, -0.05) is 32.3 Å². The lowest BCUT2D eigenvalue weighted by atomic mass is 9.81. The number of rotatable bonds is 4. The molecule has 0 spiro atoms. The number of nitrogens with zero attached hydrogens (tertiary/aromatic N) is 1. The fourth-order valence-corrected chi connectivity index (χ4v) is 3.25. The second-order valence-electron chi connectivity index (χ2n) is 6.07. The summed E-state index contributed by atoms with van der Waals surface area (Å²) >= 11 is 0. The maximum absolute atomic E-state index is 5.88. The van der Waals surface area contributed by atoms with Gasteiger partial charge in [0.25, 0.3) is 6.01 Å². The summed E-state index contributed by atoms with van der Waals surface area (Å²) in [4.78, 5) is 4.41. The van der Waals surface area contributed by atoms with Crippen LogP contribution in [-0.4, -0.2) is 11.5 Å². The Balaban J connectivity index is 1.56. The number of nitrogen functional groups attached to an aromatic ring is 1. The molecule has 1 fully saturated rings. The Labute approximate surface area is 119 Å². The van der Waals surface area contributed by atoms with Gasteiger partial charge in [-0.15, -0.1) is 0 Å². The molecule has 1 aromatic carbocycles. The molecule has 4 heteroatoms. The molecule has 2 unspecified atom stereocenters. The number of benzene rings is 1. The summed E-state index contributed by atoms with van der Waals surface area (Å²) in [6.07, 6.45) is 6.70. The first-order chi connectivity index (χ1) is 9.72. The SMILES string of the molecule is CC1CCCC(CCNc2nc3c(N)cccc3o2)C1. The zero-order chi connectivity index (χ0) is 13.9. The first kappa shape index (κ1) is 13.3. The predicted octanol–water partition coefficient (Wildman–Crippen LogP) is 4.04. The van der Waals surface area contributed by atoms with Crippen molar-refractivity contribution < 1.29 is 4.42 Å². The van der Waals surface area contributed by atoms with Crippen molar-refractivity contribution in [2.24, 2.45) is 11.8 Å². The van der Waals surface area contributed by atoms with Gasteiger partial charge in [0.15, 0.2) is 5.58 Å². The fourth-order valence-electron chi connectivity index (χ4n) is 3.25. The van der Waals surface area contributed by atoms with E-state index in [9.17, 15) is 0 Å². The molecule has 0 radical (unpaired) electrons. The van der Waals surface area contributed by atoms with Crippen molar-refractivity contribution in [3.63, 3.8) is 0 Å². The highest BCUT2D eigenvalue weighted by Crippen LogP contribution is 2.30. The Morgan fingerprint density at radius 2 is 2.30 bits per heavy atom. The second-order valence-corrected chi connectivity index (χ2v) is 6.07. The van der Waals surface area contributed by atoms with Crippen molar-refractivity contribution in [3.05, 3.63) is 18.2 Å². The van der Waals surface area contributed by atoms with Crippen LogP contribution in [0.5, 0.6) is 0 Å². The van der Waals surface area contributed by atoms with E-state index in [0.29, 0.717) is 11.7 Å². The van der Waals surface area contributed by atoms with Crippen LogP contribution in [0.15, 0.2) is 22.6 Å². The van der Waals surface area contributed by atoms with Crippen LogP contribution in [0.25, 0.3) is 11.1 Å². The van der Waals surface area contributed by atoms with Crippen molar-refractivity contribution in [2.75, 3.05) is 17.6 Å². The van der Waals surface area contributed by atoms with Crippen LogP contribution in [0.2, 0.25) is 0 Å². The van der Waals surface area contributed by atoms with E-state index in [1.165, 1.54) is 32.1 Å².